The van der Waals surface area contributed by atoms with Crippen LogP contribution in [-0.2, 0) is 4.79 Å². The van der Waals surface area contributed by atoms with E-state index in [9.17, 15) is 14.4 Å². The highest BCUT2D eigenvalue weighted by Gasteiger charge is 2.34. The van der Waals surface area contributed by atoms with Crippen LogP contribution in [0.4, 0.5) is 0 Å². The average molecular weight is 262 g/mol. The molecular weight excluding hydrogens is 248 g/mol. The van der Waals surface area contributed by atoms with Crippen molar-refractivity contribution in [3.63, 3.8) is 0 Å². The summed E-state index contributed by atoms with van der Waals surface area (Å²) in [5.74, 6) is -1.57. The number of carboxylic acid groups (broad SMARTS) is 1. The summed E-state index contributed by atoms with van der Waals surface area (Å²) in [5, 5.41) is 9.48. The molecule has 0 atom stereocenters. The summed E-state index contributed by atoms with van der Waals surface area (Å²) in [6, 6.07) is 6.64. The molecule has 0 fully saturated rings. The van der Waals surface area contributed by atoms with Crippen molar-refractivity contribution in [3.8, 4) is 0 Å². The van der Waals surface area contributed by atoms with Gasteiger partial charge in [0.15, 0.2) is 0 Å². The molecule has 19 heavy (non-hydrogen) atoms. The van der Waals surface area contributed by atoms with Gasteiger partial charge in [-0.3, -0.25) is 14.4 Å². The molecule has 2 rings (SSSR count). The molecule has 100 valence electrons. The van der Waals surface area contributed by atoms with Crippen LogP contribution < -0.4 is 5.43 Å². The van der Waals surface area contributed by atoms with Crippen molar-refractivity contribution in [1.29, 1.82) is 0 Å². The number of hydrogen-bond acceptors (Lipinski definition) is 4. The first-order valence-corrected chi connectivity index (χ1v) is 6.04. The molecule has 6 nitrogen and oxygen atoms in total. The second-order valence-corrected chi connectivity index (χ2v) is 4.25. The maximum absolute atomic E-state index is 11.9. The van der Waals surface area contributed by atoms with Gasteiger partial charge in [-0.25, -0.2) is 10.4 Å². The maximum Gasteiger partial charge on any atom is 0.303 e. The van der Waals surface area contributed by atoms with Crippen LogP contribution in [-0.4, -0.2) is 34.4 Å². The highest BCUT2D eigenvalue weighted by atomic mass is 16.4. The molecule has 1 aliphatic heterocycles. The molecule has 0 saturated heterocycles. The normalized spacial score (nSPS) is 13.8. The smallest absolute Gasteiger partial charge is 0.303 e. The molecule has 1 aromatic carbocycles. The van der Waals surface area contributed by atoms with E-state index in [1.54, 1.807) is 24.3 Å². The number of amides is 2. The van der Waals surface area contributed by atoms with Crippen LogP contribution >= 0.6 is 0 Å². The van der Waals surface area contributed by atoms with E-state index in [-0.39, 0.29) is 18.2 Å². The lowest BCUT2D eigenvalue weighted by Gasteiger charge is -2.14. The first kappa shape index (κ1) is 13.2. The van der Waals surface area contributed by atoms with E-state index in [1.165, 1.54) is 0 Å². The largest absolute Gasteiger partial charge is 0.481 e. The Balaban J connectivity index is 1.88. The first-order chi connectivity index (χ1) is 9.11. The number of nitrogens with one attached hydrogen (secondary N) is 1. The average Bonchev–Trinajstić information content (AvgIpc) is 2.63. The fourth-order valence-corrected chi connectivity index (χ4v) is 1.92. The summed E-state index contributed by atoms with van der Waals surface area (Å²) in [7, 11) is 0. The second-order valence-electron chi connectivity index (χ2n) is 4.25. The van der Waals surface area contributed by atoms with Crippen LogP contribution in [0.15, 0.2) is 24.3 Å². The van der Waals surface area contributed by atoms with Crippen LogP contribution in [0.1, 0.15) is 40.0 Å². The maximum atomic E-state index is 11.9. The Labute approximate surface area is 110 Å². The Bertz CT molecular complexity index is 492. The lowest BCUT2D eigenvalue weighted by molar-refractivity contribution is -0.137. The number of hydrazine groups is 1. The standard InChI is InChI=1S/C13H14N2O4/c16-11(17)7-3-4-8-14-15-12(18)9-5-1-2-6-10(9)13(15)19/h1-2,5-6,14H,3-4,7-8H2,(H,16,17). The van der Waals surface area contributed by atoms with Crippen molar-refractivity contribution in [2.45, 2.75) is 19.3 Å². The molecule has 1 aliphatic rings. The second kappa shape index (κ2) is 5.62. The van der Waals surface area contributed by atoms with Crippen LogP contribution in [0.2, 0.25) is 0 Å². The Kier molecular flexibility index (Phi) is 3.91. The lowest BCUT2D eigenvalue weighted by atomic mass is 10.1. The van der Waals surface area contributed by atoms with E-state index in [0.717, 1.165) is 5.01 Å². The van der Waals surface area contributed by atoms with Gasteiger partial charge >= 0.3 is 5.97 Å². The Morgan fingerprint density at radius 2 is 1.68 bits per heavy atom. The minimum atomic E-state index is -0.847. The van der Waals surface area contributed by atoms with Crippen LogP contribution in [0.5, 0.6) is 0 Å². The van der Waals surface area contributed by atoms with Crippen molar-refractivity contribution in [2.75, 3.05) is 6.54 Å². The summed E-state index contributed by atoms with van der Waals surface area (Å²) >= 11 is 0. The minimum absolute atomic E-state index is 0.0871. The van der Waals surface area contributed by atoms with Crippen molar-refractivity contribution in [1.82, 2.24) is 10.4 Å². The Morgan fingerprint density at radius 3 is 2.21 bits per heavy atom. The summed E-state index contributed by atoms with van der Waals surface area (Å²) in [6.07, 6.45) is 1.18. The number of hydrogen-bond donors (Lipinski definition) is 2. The molecule has 2 amide bonds. The molecule has 0 aliphatic carbocycles. The molecule has 0 spiro atoms. The molecule has 1 aromatic rings. The number of carboxylic acids is 1. The van der Waals surface area contributed by atoms with Gasteiger partial charge in [0.25, 0.3) is 11.8 Å². The van der Waals surface area contributed by atoms with Crippen molar-refractivity contribution >= 4 is 17.8 Å². The number of benzene rings is 1. The number of carbonyl (C=O) groups is 3. The van der Waals surface area contributed by atoms with E-state index in [4.69, 9.17) is 5.11 Å². The number of rotatable bonds is 6. The van der Waals surface area contributed by atoms with Crippen molar-refractivity contribution in [3.05, 3.63) is 35.4 Å². The molecular formula is C13H14N2O4. The SMILES string of the molecule is O=C(O)CCCCNN1C(=O)c2ccccc2C1=O. The minimum Gasteiger partial charge on any atom is -0.481 e. The highest BCUT2D eigenvalue weighted by Crippen LogP contribution is 2.20. The van der Waals surface area contributed by atoms with Gasteiger partial charge in [-0.15, -0.1) is 0 Å². The van der Waals surface area contributed by atoms with Gasteiger partial charge < -0.3 is 5.11 Å². The molecule has 0 unspecified atom stereocenters. The number of imide groups is 1. The van der Waals surface area contributed by atoms with E-state index in [0.29, 0.717) is 30.5 Å². The van der Waals surface area contributed by atoms with Crippen LogP contribution in [0.25, 0.3) is 0 Å². The van der Waals surface area contributed by atoms with E-state index < -0.39 is 5.97 Å². The third kappa shape index (κ3) is 2.79. The van der Waals surface area contributed by atoms with Crippen molar-refractivity contribution < 1.29 is 19.5 Å². The van der Waals surface area contributed by atoms with Gasteiger partial charge in [0.05, 0.1) is 11.1 Å². The van der Waals surface area contributed by atoms with Gasteiger partial charge in [-0.1, -0.05) is 12.1 Å². The van der Waals surface area contributed by atoms with Gasteiger partial charge in [-0.05, 0) is 25.0 Å². The van der Waals surface area contributed by atoms with Crippen molar-refractivity contribution in [2.24, 2.45) is 0 Å². The predicted molar refractivity (Wildman–Crippen MR) is 66.4 cm³/mol. The number of carbonyl (C=O) groups excluding carboxylic acids is 2. The summed E-state index contributed by atoms with van der Waals surface area (Å²) < 4.78 is 0. The van der Waals surface area contributed by atoms with E-state index >= 15 is 0 Å². The highest BCUT2D eigenvalue weighted by molar-refractivity contribution is 6.20. The summed E-state index contributed by atoms with van der Waals surface area (Å²) in [6.45, 7) is 0.388. The zero-order valence-corrected chi connectivity index (χ0v) is 10.3. The Hall–Kier alpha value is -2.21. The first-order valence-electron chi connectivity index (χ1n) is 6.04. The molecule has 6 heteroatoms. The lowest BCUT2D eigenvalue weighted by Crippen LogP contribution is -2.42. The van der Waals surface area contributed by atoms with Crippen LogP contribution in [0.3, 0.4) is 0 Å². The van der Waals surface area contributed by atoms with E-state index in [2.05, 4.69) is 5.43 Å². The van der Waals surface area contributed by atoms with Gasteiger partial charge in [0.1, 0.15) is 0 Å². The molecule has 1 heterocycles. The molecule has 0 radical (unpaired) electrons. The molecule has 0 saturated carbocycles. The third-order valence-corrected chi connectivity index (χ3v) is 2.88. The third-order valence-electron chi connectivity index (χ3n) is 2.88. The number of nitrogens with zero attached hydrogens (tertiary/aromatic N) is 1. The Morgan fingerprint density at radius 1 is 1.11 bits per heavy atom. The number of fused-ring (bicyclic) bond motifs is 1. The fraction of sp³-hybridized carbons (Fsp3) is 0.308. The zero-order valence-electron chi connectivity index (χ0n) is 10.3. The van der Waals surface area contributed by atoms with E-state index in [1.807, 2.05) is 0 Å². The predicted octanol–water partition coefficient (Wildman–Crippen LogP) is 1.04. The van der Waals surface area contributed by atoms with Gasteiger partial charge in [0, 0.05) is 13.0 Å². The summed E-state index contributed by atoms with van der Waals surface area (Å²) in [5.41, 5.74) is 3.53. The van der Waals surface area contributed by atoms with Gasteiger partial charge in [0.2, 0.25) is 0 Å². The van der Waals surface area contributed by atoms with Crippen LogP contribution in [0, 0.1) is 0 Å². The fourth-order valence-electron chi connectivity index (χ4n) is 1.92. The number of unbranched alkanes of at least 4 members (excludes halogenated alkanes) is 1. The quantitative estimate of drug-likeness (QED) is 0.591. The molecule has 0 aromatic heterocycles. The number of aliphatic carboxylic acids is 1. The summed E-state index contributed by atoms with van der Waals surface area (Å²) in [4.78, 5) is 34.2. The molecule has 2 N–H and O–H groups in total. The zero-order chi connectivity index (χ0) is 13.8. The van der Waals surface area contributed by atoms with Gasteiger partial charge in [-0.2, -0.15) is 0 Å². The monoisotopic (exact) mass is 262 g/mol. The molecule has 0 bridgehead atoms. The topological polar surface area (TPSA) is 86.7 Å².